The SMILES string of the molecule is C1=C(c2ccnc3ccccc23)C(c2ccccn2)=NC1.Cc1cccc(C2=C(c3ccnc4cc(OCCCN(C)C)ccc34)C3C=CC=C[N+]3=N2)n1.Cc1ccnc(C2=NCC=C2c2ccc3ncccc3n2)c1. The number of nitrogens with zero attached hydrogens (tertiary/aromatic N) is 12. The molecule has 11 heterocycles. The highest BCUT2D eigenvalue weighted by molar-refractivity contribution is 6.34. The van der Waals surface area contributed by atoms with Crippen LogP contribution in [0.2, 0.25) is 0 Å². The van der Waals surface area contributed by atoms with Gasteiger partial charge in [0.1, 0.15) is 5.75 Å². The number of benzene rings is 2. The van der Waals surface area contributed by atoms with Crippen LogP contribution in [-0.2, 0) is 0 Å². The molecule has 4 aliphatic heterocycles. The zero-order chi connectivity index (χ0) is 51.8. The van der Waals surface area contributed by atoms with Crippen LogP contribution in [-0.4, -0.2) is 102 Å². The molecule has 13 rings (SSSR count). The summed E-state index contributed by atoms with van der Waals surface area (Å²) in [7, 11) is 4.15. The van der Waals surface area contributed by atoms with E-state index in [1.54, 1.807) is 12.4 Å². The molecule has 0 radical (unpaired) electrons. The number of aryl methyl sites for hydroxylation is 2. The summed E-state index contributed by atoms with van der Waals surface area (Å²) in [5.41, 5.74) is 17.9. The molecule has 0 bridgehead atoms. The molecule has 7 aromatic heterocycles. The number of ether oxygens (including phenoxy) is 1. The Balaban J connectivity index is 0.000000126. The van der Waals surface area contributed by atoms with Crippen molar-refractivity contribution in [3.8, 4) is 5.75 Å². The summed E-state index contributed by atoms with van der Waals surface area (Å²) in [6, 6.07) is 42.4. The lowest BCUT2D eigenvalue weighted by atomic mass is 9.92. The Morgan fingerprint density at radius 3 is 2.14 bits per heavy atom. The van der Waals surface area contributed by atoms with Gasteiger partial charge in [-0.2, -0.15) is 0 Å². The molecule has 0 amide bonds. The van der Waals surface area contributed by atoms with Crippen molar-refractivity contribution < 1.29 is 9.43 Å². The molecule has 13 nitrogen and oxygen atoms in total. The molecule has 0 saturated heterocycles. The minimum absolute atomic E-state index is 0.0277. The van der Waals surface area contributed by atoms with Crippen LogP contribution in [0.3, 0.4) is 0 Å². The van der Waals surface area contributed by atoms with Gasteiger partial charge in [0, 0.05) is 82.4 Å². The minimum atomic E-state index is 0.0277. The van der Waals surface area contributed by atoms with E-state index >= 15 is 0 Å². The van der Waals surface area contributed by atoms with E-state index in [-0.39, 0.29) is 6.04 Å². The molecule has 0 fully saturated rings. The van der Waals surface area contributed by atoms with Crippen LogP contribution in [0, 0.1) is 13.8 Å². The van der Waals surface area contributed by atoms with Crippen molar-refractivity contribution in [2.24, 2.45) is 15.1 Å². The number of azo groups is 2. The first-order chi connectivity index (χ1) is 37.3. The molecule has 76 heavy (non-hydrogen) atoms. The lowest BCUT2D eigenvalue weighted by molar-refractivity contribution is -0.532. The van der Waals surface area contributed by atoms with Gasteiger partial charge in [-0.15, -0.1) is 0 Å². The minimum Gasteiger partial charge on any atom is -0.493 e. The maximum Gasteiger partial charge on any atom is 0.231 e. The van der Waals surface area contributed by atoms with Crippen molar-refractivity contribution in [2.75, 3.05) is 40.3 Å². The number of aliphatic imine (C=N–C) groups is 2. The lowest BCUT2D eigenvalue weighted by Gasteiger charge is -2.13. The summed E-state index contributed by atoms with van der Waals surface area (Å²) in [6.45, 7) is 7.14. The largest absolute Gasteiger partial charge is 0.493 e. The molecule has 13 heteroatoms. The van der Waals surface area contributed by atoms with Gasteiger partial charge in [0.2, 0.25) is 6.04 Å². The van der Waals surface area contributed by atoms with Crippen molar-refractivity contribution in [2.45, 2.75) is 26.3 Å². The molecule has 0 spiro atoms. The molecule has 1 unspecified atom stereocenters. The van der Waals surface area contributed by atoms with Gasteiger partial charge in [0.15, 0.2) is 11.9 Å². The van der Waals surface area contributed by atoms with Gasteiger partial charge in [0.05, 0.1) is 81.5 Å². The second-order valence-electron chi connectivity index (χ2n) is 18.8. The number of para-hydroxylation sites is 1. The maximum absolute atomic E-state index is 5.98. The zero-order valence-electron chi connectivity index (χ0n) is 42.9. The molecule has 0 saturated carbocycles. The first-order valence-electron chi connectivity index (χ1n) is 25.4. The number of hydrogen-bond acceptors (Lipinski definition) is 12. The van der Waals surface area contributed by atoms with Crippen molar-refractivity contribution in [3.05, 3.63) is 240 Å². The Bertz CT molecular complexity index is 3900. The number of aromatic nitrogens is 7. The molecule has 372 valence electrons. The number of allylic oxidation sites excluding steroid dienone is 4. The van der Waals surface area contributed by atoms with Gasteiger partial charge in [0.25, 0.3) is 0 Å². The van der Waals surface area contributed by atoms with E-state index in [4.69, 9.17) is 19.8 Å². The second kappa shape index (κ2) is 22.4. The highest BCUT2D eigenvalue weighted by atomic mass is 16.5. The van der Waals surface area contributed by atoms with Gasteiger partial charge >= 0.3 is 0 Å². The fourth-order valence-corrected chi connectivity index (χ4v) is 9.62. The third-order valence-corrected chi connectivity index (χ3v) is 13.2. The smallest absolute Gasteiger partial charge is 0.231 e. The summed E-state index contributed by atoms with van der Waals surface area (Å²) in [5, 5.41) is 7.16. The molecule has 0 N–H and O–H groups in total. The fourth-order valence-electron chi connectivity index (χ4n) is 9.62. The van der Waals surface area contributed by atoms with Crippen molar-refractivity contribution >= 4 is 66.7 Å². The van der Waals surface area contributed by atoms with E-state index in [2.05, 4.69) is 115 Å². The first kappa shape index (κ1) is 48.9. The Morgan fingerprint density at radius 2 is 1.30 bits per heavy atom. The second-order valence-corrected chi connectivity index (χ2v) is 18.8. The van der Waals surface area contributed by atoms with E-state index < -0.39 is 0 Å². The van der Waals surface area contributed by atoms with Crippen LogP contribution >= 0.6 is 0 Å². The summed E-state index contributed by atoms with van der Waals surface area (Å²) in [5.74, 6) is 0.846. The van der Waals surface area contributed by atoms with E-state index in [9.17, 15) is 0 Å². The molecule has 1 atom stereocenters. The molecule has 4 aliphatic rings. The van der Waals surface area contributed by atoms with Gasteiger partial charge < -0.3 is 9.64 Å². The molecular formula is C63H55N12O+. The van der Waals surface area contributed by atoms with Crippen molar-refractivity contribution in [1.82, 2.24) is 39.8 Å². The van der Waals surface area contributed by atoms with E-state index in [1.807, 2.05) is 140 Å². The quantitative estimate of drug-likeness (QED) is 0.0914. The highest BCUT2D eigenvalue weighted by Gasteiger charge is 2.38. The lowest BCUT2D eigenvalue weighted by Crippen LogP contribution is -2.18. The zero-order valence-corrected chi connectivity index (χ0v) is 42.9. The van der Waals surface area contributed by atoms with E-state index in [0.717, 1.165) is 119 Å². The predicted octanol–water partition coefficient (Wildman–Crippen LogP) is 11.8. The molecular weight excluding hydrogens is 941 g/mol. The van der Waals surface area contributed by atoms with Gasteiger partial charge in [-0.05, 0) is 148 Å². The normalized spacial score (nSPS) is 15.4. The molecule has 9 aromatic rings. The van der Waals surface area contributed by atoms with E-state index in [0.29, 0.717) is 19.7 Å². The molecule has 2 aromatic carbocycles. The standard InChI is InChI=1S/C27H28N5O.C18H14N4.C18H13N3/c1-19-8-6-9-23(29-19)27-26(25-10-4-5-16-32(25)30-27)22-13-14-28-24-18-20(11-12-21(22)24)33-17-7-15-31(2)3;1-12-6-9-20-17(11-12)18-13(7-10-21-18)14-4-5-15-16(22-14)3-2-8-19-15;1-2-6-16-14(5-1)13(8-11-20-16)15-9-12-21-18(15)17-7-3-4-10-19-17/h4-6,8-14,16,18,25H,7,15,17H2,1-3H3;2-9,11H,10H2,1H3;1-11H,12H2/q+1;;. The number of hydrogen-bond donors (Lipinski definition) is 0. The number of pyridine rings is 7. The Hall–Kier alpha value is -9.33. The monoisotopic (exact) mass is 995 g/mol. The van der Waals surface area contributed by atoms with E-state index in [1.165, 1.54) is 11.1 Å². The van der Waals surface area contributed by atoms with Crippen LogP contribution in [0.5, 0.6) is 5.75 Å². The summed E-state index contributed by atoms with van der Waals surface area (Å²) in [4.78, 5) is 43.1. The fraction of sp³-hybridized carbons (Fsp3) is 0.159. The topological polar surface area (TPSA) is 143 Å². The third-order valence-electron chi connectivity index (χ3n) is 13.2. The summed E-state index contributed by atoms with van der Waals surface area (Å²) < 4.78 is 7.99. The summed E-state index contributed by atoms with van der Waals surface area (Å²) >= 11 is 0. The maximum atomic E-state index is 5.98. The Labute approximate surface area is 441 Å². The Morgan fingerprint density at radius 1 is 0.566 bits per heavy atom. The Kier molecular flexibility index (Phi) is 14.4. The van der Waals surface area contributed by atoms with Gasteiger partial charge in [-0.25, -0.2) is 4.98 Å². The first-order valence-corrected chi connectivity index (χ1v) is 25.4. The van der Waals surface area contributed by atoms with Gasteiger partial charge in [-0.3, -0.25) is 39.9 Å². The number of rotatable bonds is 11. The predicted molar refractivity (Wildman–Crippen MR) is 304 cm³/mol. The average molecular weight is 996 g/mol. The van der Waals surface area contributed by atoms with Crippen molar-refractivity contribution in [3.63, 3.8) is 0 Å². The third kappa shape index (κ3) is 10.7. The van der Waals surface area contributed by atoms with Crippen LogP contribution in [0.25, 0.3) is 55.3 Å². The van der Waals surface area contributed by atoms with Gasteiger partial charge in [-0.1, -0.05) is 53.3 Å². The van der Waals surface area contributed by atoms with Crippen LogP contribution in [0.4, 0.5) is 0 Å². The average Bonchev–Trinajstić information content (AvgIpc) is 4.30. The number of fused-ring (bicyclic) bond motifs is 4. The van der Waals surface area contributed by atoms with Crippen molar-refractivity contribution in [1.29, 1.82) is 0 Å². The highest BCUT2D eigenvalue weighted by Crippen LogP contribution is 2.41. The van der Waals surface area contributed by atoms with Crippen LogP contribution < -0.4 is 4.74 Å². The summed E-state index contributed by atoms with van der Waals surface area (Å²) in [6.07, 6.45) is 22.6. The van der Waals surface area contributed by atoms with Crippen LogP contribution in [0.1, 0.15) is 51.6 Å². The molecule has 0 aliphatic carbocycles. The van der Waals surface area contributed by atoms with Crippen LogP contribution in [0.15, 0.2) is 210 Å².